The summed E-state index contributed by atoms with van der Waals surface area (Å²) in [4.78, 5) is 28.9. The SMILES string of the molecule is O=C(Nc1ccc(NC(=O)c2ccc3ncsc3c2)c(C(F)(F)F)c1)c1ccc(F)cc1. The first-order chi connectivity index (χ1) is 15.2. The highest BCUT2D eigenvalue weighted by atomic mass is 32.1. The molecule has 1 aromatic heterocycles. The second-order valence-corrected chi connectivity index (χ2v) is 7.59. The fourth-order valence-electron chi connectivity index (χ4n) is 2.96. The number of nitrogens with zero attached hydrogens (tertiary/aromatic N) is 1. The highest BCUT2D eigenvalue weighted by Gasteiger charge is 2.34. The smallest absolute Gasteiger partial charge is 0.322 e. The van der Waals surface area contributed by atoms with Gasteiger partial charge in [0.1, 0.15) is 5.82 Å². The predicted molar refractivity (Wildman–Crippen MR) is 113 cm³/mol. The van der Waals surface area contributed by atoms with Crippen LogP contribution in [0.4, 0.5) is 28.9 Å². The van der Waals surface area contributed by atoms with E-state index >= 15 is 0 Å². The van der Waals surface area contributed by atoms with E-state index in [1.807, 2.05) is 0 Å². The lowest BCUT2D eigenvalue weighted by Crippen LogP contribution is -2.18. The van der Waals surface area contributed by atoms with Crippen LogP contribution in [-0.2, 0) is 6.18 Å². The molecule has 0 aliphatic heterocycles. The second kappa shape index (κ2) is 8.39. The Morgan fingerprint density at radius 1 is 0.844 bits per heavy atom. The molecular formula is C22H13F4N3O2S. The Hall–Kier alpha value is -3.79. The van der Waals surface area contributed by atoms with Gasteiger partial charge in [0.25, 0.3) is 11.8 Å². The highest BCUT2D eigenvalue weighted by molar-refractivity contribution is 7.16. The van der Waals surface area contributed by atoms with Gasteiger partial charge in [-0.1, -0.05) is 0 Å². The van der Waals surface area contributed by atoms with E-state index in [0.717, 1.165) is 29.0 Å². The Bertz CT molecular complexity index is 1320. The van der Waals surface area contributed by atoms with E-state index in [4.69, 9.17) is 0 Å². The fourth-order valence-corrected chi connectivity index (χ4v) is 3.68. The Kier molecular flexibility index (Phi) is 5.62. The Balaban J connectivity index is 1.58. The highest BCUT2D eigenvalue weighted by Crippen LogP contribution is 2.37. The fraction of sp³-hybridized carbons (Fsp3) is 0.0455. The van der Waals surface area contributed by atoms with Crippen LogP contribution in [0.1, 0.15) is 26.3 Å². The van der Waals surface area contributed by atoms with Crippen molar-refractivity contribution in [3.8, 4) is 0 Å². The Morgan fingerprint density at radius 3 is 2.25 bits per heavy atom. The number of anilines is 2. The Labute approximate surface area is 182 Å². The normalized spacial score (nSPS) is 11.4. The van der Waals surface area contributed by atoms with Gasteiger partial charge in [0.2, 0.25) is 0 Å². The monoisotopic (exact) mass is 459 g/mol. The van der Waals surface area contributed by atoms with Crippen LogP contribution in [0.25, 0.3) is 10.2 Å². The van der Waals surface area contributed by atoms with Gasteiger partial charge in [-0.05, 0) is 60.7 Å². The molecule has 0 aliphatic carbocycles. The molecule has 0 unspecified atom stereocenters. The van der Waals surface area contributed by atoms with Crippen LogP contribution in [0.5, 0.6) is 0 Å². The zero-order valence-electron chi connectivity index (χ0n) is 16.0. The molecule has 0 saturated carbocycles. The van der Waals surface area contributed by atoms with Crippen LogP contribution >= 0.6 is 11.3 Å². The molecule has 4 rings (SSSR count). The average molecular weight is 459 g/mol. The molecule has 0 bridgehead atoms. The number of carbonyl (C=O) groups is 2. The molecular weight excluding hydrogens is 446 g/mol. The largest absolute Gasteiger partial charge is 0.418 e. The van der Waals surface area contributed by atoms with Crippen molar-refractivity contribution in [1.82, 2.24) is 4.98 Å². The van der Waals surface area contributed by atoms with E-state index in [-0.39, 0.29) is 16.8 Å². The first-order valence-electron chi connectivity index (χ1n) is 9.13. The molecule has 32 heavy (non-hydrogen) atoms. The number of carbonyl (C=O) groups excluding carboxylic acids is 2. The van der Waals surface area contributed by atoms with Crippen LogP contribution in [-0.4, -0.2) is 16.8 Å². The lowest BCUT2D eigenvalue weighted by molar-refractivity contribution is -0.136. The number of nitrogens with one attached hydrogen (secondary N) is 2. The number of hydrogen-bond acceptors (Lipinski definition) is 4. The van der Waals surface area contributed by atoms with Gasteiger partial charge >= 0.3 is 6.18 Å². The summed E-state index contributed by atoms with van der Waals surface area (Å²) in [6, 6.07) is 12.2. The van der Waals surface area contributed by atoms with Crippen molar-refractivity contribution >= 4 is 44.7 Å². The predicted octanol–water partition coefficient (Wildman–Crippen LogP) is 5.96. The summed E-state index contributed by atoms with van der Waals surface area (Å²) in [7, 11) is 0. The molecule has 2 N–H and O–H groups in total. The van der Waals surface area contributed by atoms with Gasteiger partial charge in [-0.2, -0.15) is 13.2 Å². The summed E-state index contributed by atoms with van der Waals surface area (Å²) in [5, 5.41) is 4.62. The van der Waals surface area contributed by atoms with Crippen molar-refractivity contribution in [2.75, 3.05) is 10.6 Å². The van der Waals surface area contributed by atoms with Crippen LogP contribution in [0.15, 0.2) is 66.2 Å². The standard InChI is InChI=1S/C22H13F4N3O2S/c23-14-4-1-12(2-5-14)20(30)28-15-6-8-17(16(10-15)22(24,25)26)29-21(31)13-3-7-18-19(9-13)32-11-27-18/h1-11H,(H,28,30)(H,29,31). The van der Waals surface area contributed by atoms with Gasteiger partial charge < -0.3 is 10.6 Å². The third-order valence-electron chi connectivity index (χ3n) is 4.53. The Morgan fingerprint density at radius 2 is 1.53 bits per heavy atom. The maximum absolute atomic E-state index is 13.6. The molecule has 0 aliphatic rings. The lowest BCUT2D eigenvalue weighted by Gasteiger charge is -2.16. The third-order valence-corrected chi connectivity index (χ3v) is 5.32. The number of fused-ring (bicyclic) bond motifs is 1. The number of rotatable bonds is 4. The van der Waals surface area contributed by atoms with Crippen LogP contribution in [0.3, 0.4) is 0 Å². The zero-order valence-corrected chi connectivity index (χ0v) is 16.9. The summed E-state index contributed by atoms with van der Waals surface area (Å²) in [5.74, 6) is -1.96. The molecule has 3 aromatic carbocycles. The summed E-state index contributed by atoms with van der Waals surface area (Å²) in [6.07, 6.45) is -4.79. The van der Waals surface area contributed by atoms with Gasteiger partial charge in [0.05, 0.1) is 27.0 Å². The molecule has 5 nitrogen and oxygen atoms in total. The number of thiazole rings is 1. The average Bonchev–Trinajstić information content (AvgIpc) is 3.22. The van der Waals surface area contributed by atoms with Crippen molar-refractivity contribution in [3.63, 3.8) is 0 Å². The summed E-state index contributed by atoms with van der Waals surface area (Å²) in [5.41, 5.74) is 0.847. The molecule has 0 radical (unpaired) electrons. The molecule has 0 fully saturated rings. The van der Waals surface area contributed by atoms with Crippen LogP contribution < -0.4 is 10.6 Å². The van der Waals surface area contributed by atoms with Crippen molar-refractivity contribution in [2.24, 2.45) is 0 Å². The molecule has 2 amide bonds. The number of aromatic nitrogens is 1. The maximum Gasteiger partial charge on any atom is 0.418 e. The lowest BCUT2D eigenvalue weighted by atomic mass is 10.1. The molecule has 1 heterocycles. The molecule has 0 spiro atoms. The summed E-state index contributed by atoms with van der Waals surface area (Å²) in [6.45, 7) is 0. The number of amides is 2. The summed E-state index contributed by atoms with van der Waals surface area (Å²) < 4.78 is 54.6. The minimum Gasteiger partial charge on any atom is -0.322 e. The first-order valence-corrected chi connectivity index (χ1v) is 10.0. The molecule has 0 saturated heterocycles. The van der Waals surface area contributed by atoms with E-state index in [2.05, 4.69) is 15.6 Å². The number of halogens is 4. The van der Waals surface area contributed by atoms with E-state index < -0.39 is 35.1 Å². The minimum atomic E-state index is -4.79. The van der Waals surface area contributed by atoms with Gasteiger partial charge in [-0.3, -0.25) is 9.59 Å². The van der Waals surface area contributed by atoms with E-state index in [1.165, 1.54) is 35.6 Å². The molecule has 4 aromatic rings. The molecule has 0 atom stereocenters. The topological polar surface area (TPSA) is 71.1 Å². The van der Waals surface area contributed by atoms with Crippen molar-refractivity contribution in [2.45, 2.75) is 6.18 Å². The van der Waals surface area contributed by atoms with E-state index in [0.29, 0.717) is 5.52 Å². The summed E-state index contributed by atoms with van der Waals surface area (Å²) >= 11 is 1.31. The number of alkyl halides is 3. The maximum atomic E-state index is 13.6. The minimum absolute atomic E-state index is 0.0794. The molecule has 10 heteroatoms. The van der Waals surface area contributed by atoms with Gasteiger partial charge in [-0.15, -0.1) is 11.3 Å². The first kappa shape index (κ1) is 21.4. The van der Waals surface area contributed by atoms with Gasteiger partial charge in [0, 0.05) is 16.8 Å². The van der Waals surface area contributed by atoms with E-state index in [1.54, 1.807) is 17.6 Å². The van der Waals surface area contributed by atoms with Crippen LogP contribution in [0, 0.1) is 5.82 Å². The number of benzene rings is 3. The zero-order chi connectivity index (χ0) is 22.9. The van der Waals surface area contributed by atoms with E-state index in [9.17, 15) is 27.2 Å². The third kappa shape index (κ3) is 4.59. The van der Waals surface area contributed by atoms with Crippen LogP contribution in [0.2, 0.25) is 0 Å². The molecule has 162 valence electrons. The van der Waals surface area contributed by atoms with Crippen molar-refractivity contribution in [3.05, 3.63) is 88.7 Å². The van der Waals surface area contributed by atoms with Gasteiger partial charge in [-0.25, -0.2) is 9.37 Å². The van der Waals surface area contributed by atoms with Crippen molar-refractivity contribution in [1.29, 1.82) is 0 Å². The van der Waals surface area contributed by atoms with Gasteiger partial charge in [0.15, 0.2) is 0 Å². The second-order valence-electron chi connectivity index (χ2n) is 6.71. The quantitative estimate of drug-likeness (QED) is 0.370. The van der Waals surface area contributed by atoms with Crippen molar-refractivity contribution < 1.29 is 27.2 Å². The number of hydrogen-bond donors (Lipinski definition) is 2.